The largest absolute Gasteiger partial charge is 0.436 e. The zero-order valence-corrected chi connectivity index (χ0v) is 9.60. The lowest BCUT2D eigenvalue weighted by Gasteiger charge is -2.11. The van der Waals surface area contributed by atoms with Crippen molar-refractivity contribution in [2.45, 2.75) is 13.0 Å². The van der Waals surface area contributed by atoms with E-state index in [2.05, 4.69) is 4.98 Å². The Hall–Kier alpha value is -2.01. The molecule has 0 radical (unpaired) electrons. The number of pyridine rings is 1. The second-order valence-electron chi connectivity index (χ2n) is 3.75. The van der Waals surface area contributed by atoms with Gasteiger partial charge in [0.05, 0.1) is 6.10 Å². The van der Waals surface area contributed by atoms with Crippen molar-refractivity contribution in [2.75, 3.05) is 0 Å². The SMILES string of the molecule is C[C@@H](O)c1cccnc1Oc1ccc(F)cc1F. The van der Waals surface area contributed by atoms with Crippen LogP contribution in [0, 0.1) is 11.6 Å². The second-order valence-corrected chi connectivity index (χ2v) is 3.75. The third-order valence-electron chi connectivity index (χ3n) is 2.35. The second kappa shape index (κ2) is 5.10. The van der Waals surface area contributed by atoms with E-state index in [1.807, 2.05) is 0 Å². The van der Waals surface area contributed by atoms with E-state index in [9.17, 15) is 13.9 Å². The summed E-state index contributed by atoms with van der Waals surface area (Å²) < 4.78 is 31.4. The number of hydrogen-bond acceptors (Lipinski definition) is 3. The van der Waals surface area contributed by atoms with Gasteiger partial charge < -0.3 is 9.84 Å². The molecule has 94 valence electrons. The normalized spacial score (nSPS) is 12.2. The van der Waals surface area contributed by atoms with Crippen LogP contribution in [0.2, 0.25) is 0 Å². The molecule has 0 unspecified atom stereocenters. The molecule has 1 N–H and O–H groups in total. The van der Waals surface area contributed by atoms with Gasteiger partial charge >= 0.3 is 0 Å². The average Bonchev–Trinajstić information content (AvgIpc) is 2.33. The molecule has 0 aliphatic heterocycles. The maximum absolute atomic E-state index is 13.4. The Bertz CT molecular complexity index is 558. The molecule has 5 heteroatoms. The Morgan fingerprint density at radius 2 is 2.06 bits per heavy atom. The Labute approximate surface area is 103 Å². The summed E-state index contributed by atoms with van der Waals surface area (Å²) in [7, 11) is 0. The van der Waals surface area contributed by atoms with Crippen LogP contribution in [0.15, 0.2) is 36.5 Å². The first-order valence-electron chi connectivity index (χ1n) is 5.34. The molecule has 0 amide bonds. The molecule has 1 atom stereocenters. The smallest absolute Gasteiger partial charge is 0.225 e. The van der Waals surface area contributed by atoms with Gasteiger partial charge in [-0.15, -0.1) is 0 Å². The van der Waals surface area contributed by atoms with Crippen molar-refractivity contribution in [1.82, 2.24) is 4.98 Å². The van der Waals surface area contributed by atoms with Crippen LogP contribution in [0.5, 0.6) is 11.6 Å². The highest BCUT2D eigenvalue weighted by Crippen LogP contribution is 2.28. The lowest BCUT2D eigenvalue weighted by molar-refractivity contribution is 0.194. The van der Waals surface area contributed by atoms with E-state index < -0.39 is 17.7 Å². The predicted octanol–water partition coefficient (Wildman–Crippen LogP) is 3.21. The van der Waals surface area contributed by atoms with Gasteiger partial charge in [0.25, 0.3) is 0 Å². The molecular weight excluding hydrogens is 240 g/mol. The third kappa shape index (κ3) is 2.62. The molecule has 0 fully saturated rings. The summed E-state index contributed by atoms with van der Waals surface area (Å²) in [4.78, 5) is 3.92. The molecule has 0 saturated heterocycles. The summed E-state index contributed by atoms with van der Waals surface area (Å²) in [5.74, 6) is -1.55. The number of halogens is 2. The van der Waals surface area contributed by atoms with Crippen LogP contribution >= 0.6 is 0 Å². The van der Waals surface area contributed by atoms with Crippen molar-refractivity contribution in [1.29, 1.82) is 0 Å². The lowest BCUT2D eigenvalue weighted by atomic mass is 10.2. The van der Waals surface area contributed by atoms with E-state index in [1.54, 1.807) is 19.1 Å². The maximum Gasteiger partial charge on any atom is 0.225 e. The molecule has 0 bridgehead atoms. The van der Waals surface area contributed by atoms with Crippen molar-refractivity contribution in [3.05, 3.63) is 53.7 Å². The molecule has 0 spiro atoms. The van der Waals surface area contributed by atoms with Gasteiger partial charge in [-0.25, -0.2) is 13.8 Å². The standard InChI is InChI=1S/C13H11F2NO2/c1-8(17)10-3-2-6-16-13(10)18-12-5-4-9(14)7-11(12)15/h2-8,17H,1H3/t8-/m1/s1. The lowest BCUT2D eigenvalue weighted by Crippen LogP contribution is -1.99. The highest BCUT2D eigenvalue weighted by Gasteiger charge is 2.13. The number of hydrogen-bond donors (Lipinski definition) is 1. The Kier molecular flexibility index (Phi) is 3.53. The fourth-order valence-corrected chi connectivity index (χ4v) is 1.47. The molecule has 0 aliphatic rings. The van der Waals surface area contributed by atoms with Gasteiger partial charge in [-0.3, -0.25) is 0 Å². The number of benzene rings is 1. The Morgan fingerprint density at radius 3 is 2.72 bits per heavy atom. The van der Waals surface area contributed by atoms with E-state index in [1.165, 1.54) is 12.3 Å². The van der Waals surface area contributed by atoms with Crippen molar-refractivity contribution in [3.63, 3.8) is 0 Å². The van der Waals surface area contributed by atoms with Crippen LogP contribution in [0.1, 0.15) is 18.6 Å². The van der Waals surface area contributed by atoms with Gasteiger partial charge in [-0.1, -0.05) is 0 Å². The minimum Gasteiger partial charge on any atom is -0.436 e. The van der Waals surface area contributed by atoms with Gasteiger partial charge in [-0.2, -0.15) is 0 Å². The zero-order chi connectivity index (χ0) is 13.1. The fraction of sp³-hybridized carbons (Fsp3) is 0.154. The zero-order valence-electron chi connectivity index (χ0n) is 9.60. The predicted molar refractivity (Wildman–Crippen MR) is 61.3 cm³/mol. The summed E-state index contributed by atoms with van der Waals surface area (Å²) in [6, 6.07) is 6.24. The number of aliphatic hydroxyl groups is 1. The number of aliphatic hydroxyl groups excluding tert-OH is 1. The fourth-order valence-electron chi connectivity index (χ4n) is 1.47. The Balaban J connectivity index is 2.34. The van der Waals surface area contributed by atoms with Crippen LogP contribution in [-0.2, 0) is 0 Å². The molecule has 0 saturated carbocycles. The van der Waals surface area contributed by atoms with Crippen LogP contribution < -0.4 is 4.74 Å². The Morgan fingerprint density at radius 1 is 1.28 bits per heavy atom. The molecular formula is C13H11F2NO2. The summed E-state index contributed by atoms with van der Waals surface area (Å²) in [6.07, 6.45) is 0.667. The third-order valence-corrected chi connectivity index (χ3v) is 2.35. The number of aromatic nitrogens is 1. The molecule has 18 heavy (non-hydrogen) atoms. The minimum absolute atomic E-state index is 0.0954. The molecule has 2 aromatic rings. The van der Waals surface area contributed by atoms with Gasteiger partial charge in [0.1, 0.15) is 5.82 Å². The van der Waals surface area contributed by atoms with Crippen LogP contribution in [0.4, 0.5) is 8.78 Å². The maximum atomic E-state index is 13.4. The van der Waals surface area contributed by atoms with Gasteiger partial charge in [0, 0.05) is 17.8 Å². The monoisotopic (exact) mass is 251 g/mol. The van der Waals surface area contributed by atoms with Crippen molar-refractivity contribution >= 4 is 0 Å². The topological polar surface area (TPSA) is 42.4 Å². The summed E-state index contributed by atoms with van der Waals surface area (Å²) >= 11 is 0. The van der Waals surface area contributed by atoms with E-state index in [0.717, 1.165) is 12.1 Å². The molecule has 1 aromatic carbocycles. The summed E-state index contributed by atoms with van der Waals surface area (Å²) in [5, 5.41) is 9.52. The molecule has 2 rings (SSSR count). The summed E-state index contributed by atoms with van der Waals surface area (Å²) in [5.41, 5.74) is 0.432. The van der Waals surface area contributed by atoms with Crippen molar-refractivity contribution in [2.24, 2.45) is 0 Å². The highest BCUT2D eigenvalue weighted by molar-refractivity contribution is 5.34. The van der Waals surface area contributed by atoms with Crippen LogP contribution in [0.25, 0.3) is 0 Å². The molecule has 1 heterocycles. The highest BCUT2D eigenvalue weighted by atomic mass is 19.1. The van der Waals surface area contributed by atoms with Gasteiger partial charge in [0.15, 0.2) is 11.6 Å². The van der Waals surface area contributed by atoms with Crippen LogP contribution in [0.3, 0.4) is 0 Å². The van der Waals surface area contributed by atoms with E-state index in [4.69, 9.17) is 4.74 Å². The number of ether oxygens (including phenoxy) is 1. The number of nitrogens with zero attached hydrogens (tertiary/aromatic N) is 1. The van der Waals surface area contributed by atoms with Crippen molar-refractivity contribution in [3.8, 4) is 11.6 Å². The first-order chi connectivity index (χ1) is 8.58. The summed E-state index contributed by atoms with van der Waals surface area (Å²) in [6.45, 7) is 1.55. The molecule has 1 aromatic heterocycles. The van der Waals surface area contributed by atoms with Gasteiger partial charge in [0.2, 0.25) is 5.88 Å². The quantitative estimate of drug-likeness (QED) is 0.910. The van der Waals surface area contributed by atoms with E-state index in [-0.39, 0.29) is 11.6 Å². The minimum atomic E-state index is -0.822. The van der Waals surface area contributed by atoms with Crippen LogP contribution in [-0.4, -0.2) is 10.1 Å². The first kappa shape index (κ1) is 12.4. The van der Waals surface area contributed by atoms with E-state index >= 15 is 0 Å². The molecule has 3 nitrogen and oxygen atoms in total. The van der Waals surface area contributed by atoms with E-state index in [0.29, 0.717) is 5.56 Å². The first-order valence-corrected chi connectivity index (χ1v) is 5.34. The average molecular weight is 251 g/mol. The van der Waals surface area contributed by atoms with Crippen molar-refractivity contribution < 1.29 is 18.6 Å². The number of rotatable bonds is 3. The van der Waals surface area contributed by atoms with Gasteiger partial charge in [-0.05, 0) is 31.2 Å². The molecule has 0 aliphatic carbocycles.